The van der Waals surface area contributed by atoms with Gasteiger partial charge in [-0.25, -0.2) is 4.98 Å². The summed E-state index contributed by atoms with van der Waals surface area (Å²) in [7, 11) is 0. The van der Waals surface area contributed by atoms with Crippen molar-refractivity contribution in [2.75, 3.05) is 12.3 Å². The van der Waals surface area contributed by atoms with E-state index in [0.29, 0.717) is 23.8 Å². The Morgan fingerprint density at radius 2 is 2.62 bits per heavy atom. The Morgan fingerprint density at radius 3 is 3.15 bits per heavy atom. The van der Waals surface area contributed by atoms with Crippen molar-refractivity contribution in [2.24, 2.45) is 0 Å². The molecule has 1 aromatic rings. The van der Waals surface area contributed by atoms with Gasteiger partial charge in [-0.2, -0.15) is 5.26 Å². The minimum absolute atomic E-state index is 0.289. The highest BCUT2D eigenvalue weighted by Gasteiger charge is 2.07. The quantitative estimate of drug-likeness (QED) is 0.683. The second kappa shape index (κ2) is 4.42. The molecule has 1 aromatic heterocycles. The lowest BCUT2D eigenvalue weighted by Gasteiger charge is -1.97. The van der Waals surface area contributed by atoms with Crippen molar-refractivity contribution in [1.82, 2.24) is 10.3 Å². The van der Waals surface area contributed by atoms with Gasteiger partial charge in [0.25, 0.3) is 5.91 Å². The molecule has 0 aliphatic heterocycles. The number of rotatable bonds is 3. The van der Waals surface area contributed by atoms with Crippen LogP contribution in [0.5, 0.6) is 0 Å². The Hall–Kier alpha value is -1.61. The monoisotopic (exact) mass is 196 g/mol. The summed E-state index contributed by atoms with van der Waals surface area (Å²) in [4.78, 5) is 15.0. The average Bonchev–Trinajstić information content (AvgIpc) is 2.52. The number of nitrogens with one attached hydrogen (secondary N) is 1. The molecule has 0 aliphatic rings. The van der Waals surface area contributed by atoms with E-state index in [-0.39, 0.29) is 5.91 Å². The lowest BCUT2D eigenvalue weighted by atomic mass is 10.4. The van der Waals surface area contributed by atoms with E-state index in [1.807, 2.05) is 6.07 Å². The van der Waals surface area contributed by atoms with Crippen LogP contribution in [0.1, 0.15) is 16.9 Å². The summed E-state index contributed by atoms with van der Waals surface area (Å²) in [6, 6.07) is 1.92. The molecule has 1 heterocycles. The first-order chi connectivity index (χ1) is 6.24. The van der Waals surface area contributed by atoms with Crippen molar-refractivity contribution >= 4 is 22.4 Å². The zero-order valence-corrected chi connectivity index (χ0v) is 7.60. The van der Waals surface area contributed by atoms with Crippen LogP contribution in [0.15, 0.2) is 5.38 Å². The maximum absolute atomic E-state index is 11.2. The van der Waals surface area contributed by atoms with Crippen molar-refractivity contribution in [2.45, 2.75) is 6.42 Å². The van der Waals surface area contributed by atoms with Crippen LogP contribution in [0.3, 0.4) is 0 Å². The number of nitriles is 1. The number of nitrogen functional groups attached to an aromatic ring is 1. The van der Waals surface area contributed by atoms with Gasteiger partial charge in [-0.05, 0) is 0 Å². The SMILES string of the molecule is N#CCCNC(=O)c1csc(N)n1. The van der Waals surface area contributed by atoms with E-state index in [2.05, 4.69) is 10.3 Å². The van der Waals surface area contributed by atoms with Gasteiger partial charge >= 0.3 is 0 Å². The van der Waals surface area contributed by atoms with E-state index in [1.165, 1.54) is 11.3 Å². The fourth-order valence-corrected chi connectivity index (χ4v) is 1.26. The fourth-order valence-electron chi connectivity index (χ4n) is 0.714. The van der Waals surface area contributed by atoms with Crippen LogP contribution in [0.4, 0.5) is 5.13 Å². The Balaban J connectivity index is 2.45. The highest BCUT2D eigenvalue weighted by atomic mass is 32.1. The summed E-state index contributed by atoms with van der Waals surface area (Å²) in [5.74, 6) is -0.289. The van der Waals surface area contributed by atoms with Crippen LogP contribution in [-0.4, -0.2) is 17.4 Å². The summed E-state index contributed by atoms with van der Waals surface area (Å²) >= 11 is 1.21. The van der Waals surface area contributed by atoms with E-state index in [9.17, 15) is 4.79 Å². The molecule has 68 valence electrons. The van der Waals surface area contributed by atoms with E-state index in [4.69, 9.17) is 11.0 Å². The summed E-state index contributed by atoms with van der Waals surface area (Å²) in [5, 5.41) is 12.7. The summed E-state index contributed by atoms with van der Waals surface area (Å²) in [6.07, 6.45) is 0.297. The molecule has 0 radical (unpaired) electrons. The molecule has 0 bridgehead atoms. The van der Waals surface area contributed by atoms with Gasteiger partial charge in [0.05, 0.1) is 12.5 Å². The van der Waals surface area contributed by atoms with Gasteiger partial charge in [0.15, 0.2) is 5.13 Å². The number of hydrogen-bond acceptors (Lipinski definition) is 5. The Labute approximate surface area is 79.2 Å². The Morgan fingerprint density at radius 1 is 1.85 bits per heavy atom. The second-order valence-electron chi connectivity index (χ2n) is 2.23. The van der Waals surface area contributed by atoms with Crippen LogP contribution in [0.2, 0.25) is 0 Å². The van der Waals surface area contributed by atoms with Gasteiger partial charge in [0.1, 0.15) is 5.69 Å². The maximum Gasteiger partial charge on any atom is 0.270 e. The minimum Gasteiger partial charge on any atom is -0.375 e. The molecular formula is C7H8N4OS. The number of amides is 1. The number of carbonyl (C=O) groups excluding carboxylic acids is 1. The van der Waals surface area contributed by atoms with Crippen molar-refractivity contribution in [3.63, 3.8) is 0 Å². The number of carbonyl (C=O) groups is 1. The summed E-state index contributed by atoms with van der Waals surface area (Å²) in [6.45, 7) is 0.340. The maximum atomic E-state index is 11.2. The molecule has 0 unspecified atom stereocenters. The molecule has 0 aliphatic carbocycles. The van der Waals surface area contributed by atoms with Crippen LogP contribution >= 0.6 is 11.3 Å². The normalized spacial score (nSPS) is 9.15. The second-order valence-corrected chi connectivity index (χ2v) is 3.12. The predicted molar refractivity (Wildman–Crippen MR) is 49.1 cm³/mol. The zero-order valence-electron chi connectivity index (χ0n) is 6.78. The fraction of sp³-hybridized carbons (Fsp3) is 0.286. The number of nitrogens with two attached hydrogens (primary N) is 1. The molecule has 0 atom stereocenters. The van der Waals surface area contributed by atoms with Gasteiger partial charge in [0.2, 0.25) is 0 Å². The van der Waals surface area contributed by atoms with Crippen molar-refractivity contribution < 1.29 is 4.79 Å². The molecule has 1 amide bonds. The van der Waals surface area contributed by atoms with Crippen LogP contribution in [0.25, 0.3) is 0 Å². The molecule has 0 spiro atoms. The van der Waals surface area contributed by atoms with E-state index < -0.39 is 0 Å². The molecular weight excluding hydrogens is 188 g/mol. The highest BCUT2D eigenvalue weighted by Crippen LogP contribution is 2.10. The molecule has 0 fully saturated rings. The van der Waals surface area contributed by atoms with Gasteiger partial charge in [-0.15, -0.1) is 11.3 Å². The first-order valence-corrected chi connectivity index (χ1v) is 4.48. The molecule has 3 N–H and O–H groups in total. The van der Waals surface area contributed by atoms with Crippen LogP contribution in [0, 0.1) is 11.3 Å². The highest BCUT2D eigenvalue weighted by molar-refractivity contribution is 7.13. The standard InChI is InChI=1S/C7H8N4OS/c8-2-1-3-10-6(12)5-4-13-7(9)11-5/h4H,1,3H2,(H2,9,11)(H,10,12). The average molecular weight is 196 g/mol. The third kappa shape index (κ3) is 2.72. The first-order valence-electron chi connectivity index (χ1n) is 3.60. The van der Waals surface area contributed by atoms with Gasteiger partial charge < -0.3 is 11.1 Å². The van der Waals surface area contributed by atoms with E-state index >= 15 is 0 Å². The number of hydrogen-bond donors (Lipinski definition) is 2. The molecule has 0 saturated heterocycles. The van der Waals surface area contributed by atoms with Crippen molar-refractivity contribution in [3.8, 4) is 6.07 Å². The smallest absolute Gasteiger partial charge is 0.270 e. The molecule has 5 nitrogen and oxygen atoms in total. The molecule has 6 heteroatoms. The number of nitrogens with zero attached hydrogens (tertiary/aromatic N) is 2. The number of thiazole rings is 1. The summed E-state index contributed by atoms with van der Waals surface area (Å²) in [5.41, 5.74) is 5.65. The number of anilines is 1. The Bertz CT molecular complexity index is 341. The van der Waals surface area contributed by atoms with E-state index in [1.54, 1.807) is 5.38 Å². The van der Waals surface area contributed by atoms with Crippen molar-refractivity contribution in [3.05, 3.63) is 11.1 Å². The van der Waals surface area contributed by atoms with Crippen LogP contribution < -0.4 is 11.1 Å². The first kappa shape index (κ1) is 9.48. The third-order valence-electron chi connectivity index (χ3n) is 1.28. The molecule has 1 rings (SSSR count). The van der Waals surface area contributed by atoms with E-state index in [0.717, 1.165) is 0 Å². The van der Waals surface area contributed by atoms with Gasteiger partial charge in [-0.1, -0.05) is 0 Å². The lowest BCUT2D eigenvalue weighted by molar-refractivity contribution is 0.0950. The predicted octanol–water partition coefficient (Wildman–Crippen LogP) is 0.369. The minimum atomic E-state index is -0.289. The topological polar surface area (TPSA) is 91.8 Å². The summed E-state index contributed by atoms with van der Waals surface area (Å²) < 4.78 is 0. The Kier molecular flexibility index (Phi) is 3.23. The van der Waals surface area contributed by atoms with Gasteiger partial charge in [-0.3, -0.25) is 4.79 Å². The lowest BCUT2D eigenvalue weighted by Crippen LogP contribution is -2.24. The molecule has 0 aromatic carbocycles. The zero-order chi connectivity index (χ0) is 9.68. The third-order valence-corrected chi connectivity index (χ3v) is 1.95. The van der Waals surface area contributed by atoms with Crippen LogP contribution in [-0.2, 0) is 0 Å². The largest absolute Gasteiger partial charge is 0.375 e. The molecule has 0 saturated carbocycles. The van der Waals surface area contributed by atoms with Gasteiger partial charge in [0, 0.05) is 11.9 Å². The number of aromatic nitrogens is 1. The van der Waals surface area contributed by atoms with Crippen molar-refractivity contribution in [1.29, 1.82) is 5.26 Å². The molecule has 13 heavy (non-hydrogen) atoms.